The first-order valence-corrected chi connectivity index (χ1v) is 8.38. The average molecular weight is 357 g/mol. The van der Waals surface area contributed by atoms with Crippen LogP contribution in [0.25, 0.3) is 0 Å². The van der Waals surface area contributed by atoms with Gasteiger partial charge in [0, 0.05) is 17.9 Å². The number of ether oxygens (including phenoxy) is 1. The smallest absolute Gasteiger partial charge is 0.271 e. The summed E-state index contributed by atoms with van der Waals surface area (Å²) in [5, 5.41) is 22.2. The van der Waals surface area contributed by atoms with Crippen LogP contribution in [0.3, 0.4) is 0 Å². The van der Waals surface area contributed by atoms with Gasteiger partial charge in [-0.25, -0.2) is 0 Å². The number of benzene rings is 2. The van der Waals surface area contributed by atoms with Crippen molar-refractivity contribution in [1.29, 1.82) is 5.26 Å². The van der Waals surface area contributed by atoms with E-state index in [1.165, 1.54) is 37.1 Å². The fraction of sp³-hybridized carbons (Fsp3) is 0.176. The summed E-state index contributed by atoms with van der Waals surface area (Å²) in [6, 6.07) is 13.2. The molecule has 1 N–H and O–H groups in total. The van der Waals surface area contributed by atoms with Crippen molar-refractivity contribution in [3.05, 3.63) is 63.7 Å². The molecular formula is C17H15N3O4S. The van der Waals surface area contributed by atoms with Crippen LogP contribution in [0.1, 0.15) is 11.1 Å². The van der Waals surface area contributed by atoms with E-state index in [2.05, 4.69) is 5.32 Å². The molecule has 0 saturated heterocycles. The van der Waals surface area contributed by atoms with Crippen molar-refractivity contribution in [2.24, 2.45) is 0 Å². The third-order valence-electron chi connectivity index (χ3n) is 3.25. The van der Waals surface area contributed by atoms with Gasteiger partial charge in [-0.05, 0) is 23.8 Å². The van der Waals surface area contributed by atoms with Gasteiger partial charge in [-0.2, -0.15) is 5.26 Å². The van der Waals surface area contributed by atoms with E-state index in [4.69, 9.17) is 10.00 Å². The van der Waals surface area contributed by atoms with Crippen LogP contribution in [0.2, 0.25) is 0 Å². The standard InChI is InChI=1S/C17H15N3O4S/c1-24-16-7-6-14(20(22)23)8-15(16)19-17(21)11-25-10-13-4-2-12(9-18)3-5-13/h2-8H,10-11H2,1H3,(H,19,21). The average Bonchev–Trinajstić information content (AvgIpc) is 2.62. The Morgan fingerprint density at radius 2 is 2.04 bits per heavy atom. The third kappa shape index (κ3) is 5.22. The first-order valence-electron chi connectivity index (χ1n) is 7.22. The highest BCUT2D eigenvalue weighted by Gasteiger charge is 2.13. The Kier molecular flexibility index (Phi) is 6.37. The maximum atomic E-state index is 12.1. The lowest BCUT2D eigenvalue weighted by Crippen LogP contribution is -2.15. The van der Waals surface area contributed by atoms with Crippen molar-refractivity contribution in [3.63, 3.8) is 0 Å². The van der Waals surface area contributed by atoms with E-state index in [1.54, 1.807) is 12.1 Å². The first kappa shape index (κ1) is 18.3. The summed E-state index contributed by atoms with van der Waals surface area (Å²) in [5.41, 5.74) is 1.73. The Hall–Kier alpha value is -3.05. The SMILES string of the molecule is COc1ccc([N+](=O)[O-])cc1NC(=O)CSCc1ccc(C#N)cc1. The molecule has 2 aromatic carbocycles. The molecule has 0 spiro atoms. The van der Waals surface area contributed by atoms with Crippen molar-refractivity contribution in [2.75, 3.05) is 18.2 Å². The first-order chi connectivity index (χ1) is 12.0. The second-order valence-corrected chi connectivity index (χ2v) is 5.98. The highest BCUT2D eigenvalue weighted by Crippen LogP contribution is 2.29. The Morgan fingerprint density at radius 3 is 2.64 bits per heavy atom. The molecule has 0 aliphatic heterocycles. The van der Waals surface area contributed by atoms with Crippen molar-refractivity contribution in [3.8, 4) is 11.8 Å². The predicted octanol–water partition coefficient (Wildman–Crippen LogP) is 3.35. The van der Waals surface area contributed by atoms with Crippen molar-refractivity contribution < 1.29 is 14.5 Å². The number of nitro groups is 1. The number of rotatable bonds is 7. The van der Waals surface area contributed by atoms with Gasteiger partial charge in [0.2, 0.25) is 5.91 Å². The fourth-order valence-electron chi connectivity index (χ4n) is 2.03. The molecule has 0 heterocycles. The van der Waals surface area contributed by atoms with Crippen LogP contribution in [0.4, 0.5) is 11.4 Å². The van der Waals surface area contributed by atoms with E-state index in [0.29, 0.717) is 17.1 Å². The maximum absolute atomic E-state index is 12.1. The van der Waals surface area contributed by atoms with Crippen LogP contribution in [0, 0.1) is 21.4 Å². The highest BCUT2D eigenvalue weighted by molar-refractivity contribution is 7.99. The summed E-state index contributed by atoms with van der Waals surface area (Å²) in [5.74, 6) is 0.880. The Labute approximate surface area is 148 Å². The number of thioether (sulfide) groups is 1. The summed E-state index contributed by atoms with van der Waals surface area (Å²) in [6.45, 7) is 0. The molecule has 0 radical (unpaired) electrons. The largest absolute Gasteiger partial charge is 0.495 e. The number of anilines is 1. The summed E-state index contributed by atoms with van der Waals surface area (Å²) in [6.07, 6.45) is 0. The minimum atomic E-state index is -0.533. The number of hydrogen-bond acceptors (Lipinski definition) is 6. The number of nitrogens with zero attached hydrogens (tertiary/aromatic N) is 2. The number of nitriles is 1. The molecule has 0 atom stereocenters. The predicted molar refractivity (Wildman–Crippen MR) is 95.6 cm³/mol. The number of methoxy groups -OCH3 is 1. The van der Waals surface area contributed by atoms with E-state index >= 15 is 0 Å². The fourth-order valence-corrected chi connectivity index (χ4v) is 2.82. The van der Waals surface area contributed by atoms with E-state index in [0.717, 1.165) is 5.56 Å². The van der Waals surface area contributed by atoms with Gasteiger partial charge in [-0.1, -0.05) is 12.1 Å². The second kappa shape index (κ2) is 8.70. The molecule has 0 saturated carbocycles. The van der Waals surface area contributed by atoms with Gasteiger partial charge in [-0.3, -0.25) is 14.9 Å². The summed E-state index contributed by atoms with van der Waals surface area (Å²) >= 11 is 1.40. The van der Waals surface area contributed by atoms with Crippen molar-refractivity contribution in [1.82, 2.24) is 0 Å². The second-order valence-electron chi connectivity index (χ2n) is 4.99. The van der Waals surface area contributed by atoms with Crippen LogP contribution in [0.5, 0.6) is 5.75 Å². The van der Waals surface area contributed by atoms with Gasteiger partial charge in [0.15, 0.2) is 0 Å². The quantitative estimate of drug-likeness (QED) is 0.602. The summed E-state index contributed by atoms with van der Waals surface area (Å²) < 4.78 is 5.11. The number of nitro benzene ring substituents is 1. The Bertz CT molecular complexity index is 816. The van der Waals surface area contributed by atoms with Gasteiger partial charge in [0.05, 0.1) is 35.1 Å². The zero-order valence-electron chi connectivity index (χ0n) is 13.4. The number of hydrogen-bond donors (Lipinski definition) is 1. The lowest BCUT2D eigenvalue weighted by atomic mass is 10.2. The molecule has 0 aliphatic rings. The molecule has 0 aliphatic carbocycles. The number of non-ortho nitro benzene ring substituents is 1. The van der Waals surface area contributed by atoms with Gasteiger partial charge >= 0.3 is 0 Å². The molecule has 0 fully saturated rings. The maximum Gasteiger partial charge on any atom is 0.271 e. The van der Waals surface area contributed by atoms with Crippen molar-refractivity contribution in [2.45, 2.75) is 5.75 Å². The molecule has 2 aromatic rings. The van der Waals surface area contributed by atoms with Crippen molar-refractivity contribution >= 4 is 29.0 Å². The molecule has 0 unspecified atom stereocenters. The van der Waals surface area contributed by atoms with Crippen LogP contribution < -0.4 is 10.1 Å². The lowest BCUT2D eigenvalue weighted by molar-refractivity contribution is -0.384. The van der Waals surface area contributed by atoms with Crippen LogP contribution in [-0.4, -0.2) is 23.7 Å². The zero-order chi connectivity index (χ0) is 18.2. The lowest BCUT2D eigenvalue weighted by Gasteiger charge is -2.10. The molecule has 0 bridgehead atoms. The Morgan fingerprint density at radius 1 is 1.32 bits per heavy atom. The monoisotopic (exact) mass is 357 g/mol. The Balaban J connectivity index is 1.92. The molecular weight excluding hydrogens is 342 g/mol. The number of amides is 1. The van der Waals surface area contributed by atoms with Crippen LogP contribution in [0.15, 0.2) is 42.5 Å². The molecule has 1 amide bonds. The number of carbonyl (C=O) groups is 1. The highest BCUT2D eigenvalue weighted by atomic mass is 32.2. The van der Waals surface area contributed by atoms with Gasteiger partial charge in [0.1, 0.15) is 5.75 Å². The van der Waals surface area contributed by atoms with E-state index in [9.17, 15) is 14.9 Å². The number of carbonyl (C=O) groups excluding carboxylic acids is 1. The zero-order valence-corrected chi connectivity index (χ0v) is 14.2. The minimum Gasteiger partial charge on any atom is -0.495 e. The molecule has 0 aromatic heterocycles. The summed E-state index contributed by atoms with van der Waals surface area (Å²) in [7, 11) is 1.43. The summed E-state index contributed by atoms with van der Waals surface area (Å²) in [4.78, 5) is 22.4. The number of nitrogens with one attached hydrogen (secondary N) is 1. The van der Waals surface area contributed by atoms with Gasteiger partial charge in [0.25, 0.3) is 5.69 Å². The normalized spacial score (nSPS) is 9.92. The molecule has 8 heteroatoms. The van der Waals surface area contributed by atoms with E-state index < -0.39 is 4.92 Å². The van der Waals surface area contributed by atoms with Crippen LogP contribution in [-0.2, 0) is 10.5 Å². The topological polar surface area (TPSA) is 105 Å². The van der Waals surface area contributed by atoms with Gasteiger partial charge < -0.3 is 10.1 Å². The van der Waals surface area contributed by atoms with E-state index in [1.807, 2.05) is 18.2 Å². The van der Waals surface area contributed by atoms with Crippen LogP contribution >= 0.6 is 11.8 Å². The molecule has 128 valence electrons. The third-order valence-corrected chi connectivity index (χ3v) is 4.26. The van der Waals surface area contributed by atoms with E-state index in [-0.39, 0.29) is 23.0 Å². The molecule has 25 heavy (non-hydrogen) atoms. The minimum absolute atomic E-state index is 0.124. The van der Waals surface area contributed by atoms with Gasteiger partial charge in [-0.15, -0.1) is 11.8 Å². The molecule has 2 rings (SSSR count). The molecule has 7 nitrogen and oxygen atoms in total.